The molecule has 3 N–H and O–H groups in total. The molecule has 25 heavy (non-hydrogen) atoms. The van der Waals surface area contributed by atoms with Crippen molar-refractivity contribution < 1.29 is 29.0 Å². The lowest BCUT2D eigenvalue weighted by Crippen LogP contribution is -2.08. The highest BCUT2D eigenvalue weighted by Gasteiger charge is 2.18. The first-order valence-corrected chi connectivity index (χ1v) is 7.61. The Bertz CT molecular complexity index is 778. The number of hydrogen-bond donors (Lipinski definition) is 3. The first kappa shape index (κ1) is 18.4. The number of benzene rings is 1. The van der Waals surface area contributed by atoms with Gasteiger partial charge in [0.2, 0.25) is 0 Å². The van der Waals surface area contributed by atoms with Gasteiger partial charge in [0.05, 0.1) is 26.2 Å². The van der Waals surface area contributed by atoms with E-state index in [4.69, 9.17) is 9.25 Å². The number of hydroxylamine groups is 1. The molecular weight excluding hydrogens is 326 g/mol. The zero-order valence-corrected chi connectivity index (χ0v) is 14.3. The van der Waals surface area contributed by atoms with Crippen molar-refractivity contribution in [1.29, 1.82) is 0 Å². The predicted molar refractivity (Wildman–Crippen MR) is 90.8 cm³/mol. The summed E-state index contributed by atoms with van der Waals surface area (Å²) in [6.45, 7) is 1.85. The van der Waals surface area contributed by atoms with Crippen molar-refractivity contribution in [1.82, 2.24) is 5.48 Å². The average molecular weight is 347 g/mol. The molecule has 0 atom stereocenters. The van der Waals surface area contributed by atoms with E-state index < -0.39 is 5.97 Å². The number of ether oxygens (including phenoxy) is 1. The average Bonchev–Trinajstić information content (AvgIpc) is 3.01. The van der Waals surface area contributed by atoms with Crippen molar-refractivity contribution in [3.8, 4) is 22.8 Å². The Kier molecular flexibility index (Phi) is 6.08. The number of methoxy groups -OCH3 is 1. The fourth-order valence-electron chi connectivity index (χ4n) is 2.40. The third kappa shape index (κ3) is 4.77. The molecule has 0 aliphatic heterocycles. The Morgan fingerprint density at radius 3 is 2.72 bits per heavy atom. The lowest BCUT2D eigenvalue weighted by Gasteiger charge is -2.10. The van der Waals surface area contributed by atoms with Gasteiger partial charge in [0, 0.05) is 18.2 Å². The van der Waals surface area contributed by atoms with E-state index in [0.717, 1.165) is 5.70 Å². The normalized spacial score (nSPS) is 11.4. The molecule has 1 aromatic carbocycles. The number of esters is 1. The summed E-state index contributed by atoms with van der Waals surface area (Å²) < 4.78 is 10.4. The maximum absolute atomic E-state index is 11.6. The minimum Gasteiger partial charge on any atom is -0.508 e. The van der Waals surface area contributed by atoms with E-state index in [0.29, 0.717) is 29.1 Å². The molecule has 1 aromatic heterocycles. The van der Waals surface area contributed by atoms with E-state index in [9.17, 15) is 15.0 Å². The molecule has 2 rings (SSSR count). The molecule has 0 aliphatic carbocycles. The van der Waals surface area contributed by atoms with Crippen LogP contribution in [0.5, 0.6) is 11.5 Å². The van der Waals surface area contributed by atoms with Crippen LogP contribution in [0.4, 0.5) is 0 Å². The largest absolute Gasteiger partial charge is 0.508 e. The third-order valence-electron chi connectivity index (χ3n) is 3.53. The van der Waals surface area contributed by atoms with Gasteiger partial charge in [-0.25, -0.2) is 0 Å². The maximum Gasteiger partial charge on any atom is 0.310 e. The third-order valence-corrected chi connectivity index (χ3v) is 3.53. The fourth-order valence-corrected chi connectivity index (χ4v) is 2.40. The van der Waals surface area contributed by atoms with E-state index in [1.54, 1.807) is 12.1 Å². The monoisotopic (exact) mass is 347 g/mol. The number of hydrogen-bond acceptors (Lipinski definition) is 7. The second kappa shape index (κ2) is 8.25. The van der Waals surface area contributed by atoms with Crippen molar-refractivity contribution >= 4 is 5.97 Å². The zero-order chi connectivity index (χ0) is 18.4. The van der Waals surface area contributed by atoms with Gasteiger partial charge in [-0.15, -0.1) is 0 Å². The highest BCUT2D eigenvalue weighted by Crippen LogP contribution is 2.37. The molecule has 0 fully saturated rings. The molecule has 0 radical (unpaired) electrons. The van der Waals surface area contributed by atoms with E-state index in [2.05, 4.69) is 10.2 Å². The molecule has 134 valence electrons. The molecule has 1 heterocycles. The van der Waals surface area contributed by atoms with E-state index in [1.165, 1.54) is 26.4 Å². The first-order chi connectivity index (χ1) is 11.9. The van der Waals surface area contributed by atoms with E-state index >= 15 is 0 Å². The SMILES string of the molecule is CONC(C)=CCc1ccc(-c2c(O)cc(O)cc2CC(=O)OC)o1. The van der Waals surface area contributed by atoms with Crippen molar-refractivity contribution in [2.24, 2.45) is 0 Å². The number of furan rings is 1. The summed E-state index contributed by atoms with van der Waals surface area (Å²) in [5, 5.41) is 19.9. The van der Waals surface area contributed by atoms with Crippen LogP contribution in [0.25, 0.3) is 11.3 Å². The standard InChI is InChI=1S/C18H21NO6/c1-11(19-24-3)4-5-14-6-7-16(25-14)18-12(9-17(22)23-2)8-13(20)10-15(18)21/h4,6-8,10,19-21H,5,9H2,1-3H3. The van der Waals surface area contributed by atoms with Gasteiger partial charge in [0.15, 0.2) is 0 Å². The summed E-state index contributed by atoms with van der Waals surface area (Å²) in [7, 11) is 2.80. The summed E-state index contributed by atoms with van der Waals surface area (Å²) in [4.78, 5) is 16.4. The Morgan fingerprint density at radius 2 is 2.04 bits per heavy atom. The number of nitrogens with one attached hydrogen (secondary N) is 1. The summed E-state index contributed by atoms with van der Waals surface area (Å²) >= 11 is 0. The summed E-state index contributed by atoms with van der Waals surface area (Å²) in [5.74, 6) is 0.270. The molecule has 2 aromatic rings. The van der Waals surface area contributed by atoms with Gasteiger partial charge in [-0.3, -0.25) is 15.1 Å². The molecule has 7 nitrogen and oxygen atoms in total. The topological polar surface area (TPSA) is 101 Å². The van der Waals surface area contributed by atoms with Gasteiger partial charge < -0.3 is 19.4 Å². The van der Waals surface area contributed by atoms with Gasteiger partial charge in [-0.1, -0.05) is 6.08 Å². The second-order valence-corrected chi connectivity index (χ2v) is 5.42. The van der Waals surface area contributed by atoms with Crippen LogP contribution in [-0.2, 0) is 27.2 Å². The smallest absolute Gasteiger partial charge is 0.310 e. The van der Waals surface area contributed by atoms with Crippen LogP contribution in [-0.4, -0.2) is 30.4 Å². The Morgan fingerprint density at radius 1 is 1.28 bits per heavy atom. The Hall–Kier alpha value is -2.93. The minimum absolute atomic E-state index is 0.0966. The van der Waals surface area contributed by atoms with Crippen LogP contribution in [0, 0.1) is 0 Å². The van der Waals surface area contributed by atoms with Gasteiger partial charge in [-0.2, -0.15) is 0 Å². The lowest BCUT2D eigenvalue weighted by molar-refractivity contribution is -0.139. The zero-order valence-electron chi connectivity index (χ0n) is 14.3. The second-order valence-electron chi connectivity index (χ2n) is 5.42. The van der Waals surface area contributed by atoms with Gasteiger partial charge in [-0.05, 0) is 30.7 Å². The molecule has 7 heteroatoms. The number of phenols is 2. The van der Waals surface area contributed by atoms with E-state index in [1.807, 2.05) is 13.0 Å². The lowest BCUT2D eigenvalue weighted by atomic mass is 10.0. The highest BCUT2D eigenvalue weighted by molar-refractivity contribution is 5.79. The quantitative estimate of drug-likeness (QED) is 0.523. The highest BCUT2D eigenvalue weighted by atomic mass is 16.6. The predicted octanol–water partition coefficient (Wildman–Crippen LogP) is 2.67. The van der Waals surface area contributed by atoms with Crippen LogP contribution < -0.4 is 5.48 Å². The molecule has 0 amide bonds. The number of allylic oxidation sites excluding steroid dienone is 2. The molecule has 0 saturated carbocycles. The molecule has 0 aliphatic rings. The summed E-state index contributed by atoms with van der Waals surface area (Å²) in [6, 6.07) is 6.08. The summed E-state index contributed by atoms with van der Waals surface area (Å²) in [6.07, 6.45) is 2.31. The van der Waals surface area contributed by atoms with Crippen molar-refractivity contribution in [3.63, 3.8) is 0 Å². The van der Waals surface area contributed by atoms with Gasteiger partial charge >= 0.3 is 5.97 Å². The maximum atomic E-state index is 11.6. The van der Waals surface area contributed by atoms with Crippen LogP contribution in [0.2, 0.25) is 0 Å². The van der Waals surface area contributed by atoms with Crippen LogP contribution in [0.1, 0.15) is 18.2 Å². The molecule has 0 bridgehead atoms. The van der Waals surface area contributed by atoms with Crippen LogP contribution >= 0.6 is 0 Å². The van der Waals surface area contributed by atoms with Crippen LogP contribution in [0.15, 0.2) is 40.5 Å². The van der Waals surface area contributed by atoms with Crippen molar-refractivity contribution in [3.05, 3.63) is 47.4 Å². The fraction of sp³-hybridized carbons (Fsp3) is 0.278. The number of rotatable bonds is 7. The summed E-state index contributed by atoms with van der Waals surface area (Å²) in [5.41, 5.74) is 4.31. The van der Waals surface area contributed by atoms with Crippen molar-refractivity contribution in [2.75, 3.05) is 14.2 Å². The first-order valence-electron chi connectivity index (χ1n) is 7.61. The van der Waals surface area contributed by atoms with Crippen LogP contribution in [0.3, 0.4) is 0 Å². The van der Waals surface area contributed by atoms with Gasteiger partial charge in [0.25, 0.3) is 0 Å². The van der Waals surface area contributed by atoms with Crippen molar-refractivity contribution in [2.45, 2.75) is 19.8 Å². The van der Waals surface area contributed by atoms with Gasteiger partial charge in [0.1, 0.15) is 23.0 Å². The van der Waals surface area contributed by atoms with E-state index in [-0.39, 0.29) is 17.9 Å². The Labute approximate surface area is 145 Å². The number of phenolic OH excluding ortho intramolecular Hbond substituents is 2. The molecular formula is C18H21NO6. The number of aromatic hydroxyl groups is 2. The molecule has 0 saturated heterocycles. The molecule has 0 unspecified atom stereocenters. The minimum atomic E-state index is -0.484. The number of carbonyl (C=O) groups excluding carboxylic acids is 1. The Balaban J connectivity index is 2.32. The number of carbonyl (C=O) groups is 1. The molecule has 0 spiro atoms.